The van der Waals surface area contributed by atoms with E-state index in [-0.39, 0.29) is 34.6 Å². The van der Waals surface area contributed by atoms with Crippen molar-refractivity contribution in [1.29, 1.82) is 0 Å². The van der Waals surface area contributed by atoms with Crippen molar-refractivity contribution in [2.24, 2.45) is 11.7 Å². The van der Waals surface area contributed by atoms with Crippen molar-refractivity contribution in [3.63, 3.8) is 0 Å². The van der Waals surface area contributed by atoms with Gasteiger partial charge in [-0.15, -0.1) is 0 Å². The van der Waals surface area contributed by atoms with Crippen molar-refractivity contribution in [2.45, 2.75) is 31.8 Å². The fourth-order valence-corrected chi connectivity index (χ4v) is 3.69. The molecule has 2 aromatic rings. The topological polar surface area (TPSA) is 88.6 Å². The first-order valence-corrected chi connectivity index (χ1v) is 8.60. The zero-order valence-electron chi connectivity index (χ0n) is 14.2. The summed E-state index contributed by atoms with van der Waals surface area (Å²) in [5.74, 6) is -3.03. The molecule has 0 bridgehead atoms. The number of benzene rings is 1. The maximum absolute atomic E-state index is 15.4. The molecule has 1 aromatic carbocycles. The van der Waals surface area contributed by atoms with E-state index >= 15 is 4.39 Å². The van der Waals surface area contributed by atoms with E-state index in [2.05, 4.69) is 0 Å². The first-order chi connectivity index (χ1) is 12.3. The molecule has 1 saturated carbocycles. The summed E-state index contributed by atoms with van der Waals surface area (Å²) in [6.45, 7) is 2.66. The first-order valence-electron chi connectivity index (χ1n) is 8.60. The number of aromatic nitrogens is 1. The molecule has 1 saturated heterocycles. The van der Waals surface area contributed by atoms with Crippen LogP contribution in [0, 0.1) is 17.6 Å². The normalized spacial score (nSPS) is 23.0. The van der Waals surface area contributed by atoms with E-state index in [1.807, 2.05) is 6.92 Å². The summed E-state index contributed by atoms with van der Waals surface area (Å²) in [4.78, 5) is 25.4. The summed E-state index contributed by atoms with van der Waals surface area (Å²) < 4.78 is 31.6. The SMILES string of the molecule is C[C@H]1CN(c2c(F)cc3c(=O)c(C(=O)O)cn(C4CC4)c3c2F)C[C@H]1N. The van der Waals surface area contributed by atoms with Gasteiger partial charge >= 0.3 is 5.97 Å². The first kappa shape index (κ1) is 17.0. The Labute approximate surface area is 147 Å². The van der Waals surface area contributed by atoms with Gasteiger partial charge < -0.3 is 20.3 Å². The van der Waals surface area contributed by atoms with Gasteiger partial charge in [0.25, 0.3) is 0 Å². The van der Waals surface area contributed by atoms with Crippen molar-refractivity contribution in [3.8, 4) is 0 Å². The van der Waals surface area contributed by atoms with E-state index in [4.69, 9.17) is 5.73 Å². The van der Waals surface area contributed by atoms with E-state index in [0.717, 1.165) is 18.9 Å². The molecule has 0 radical (unpaired) electrons. The molecule has 26 heavy (non-hydrogen) atoms. The number of carboxylic acid groups (broad SMARTS) is 1. The summed E-state index contributed by atoms with van der Waals surface area (Å²) in [5.41, 5.74) is 4.39. The number of hydrogen-bond acceptors (Lipinski definition) is 4. The molecule has 1 aliphatic heterocycles. The number of fused-ring (bicyclic) bond motifs is 1. The van der Waals surface area contributed by atoms with Gasteiger partial charge in [0.15, 0.2) is 5.82 Å². The number of nitrogens with zero attached hydrogens (tertiary/aromatic N) is 2. The van der Waals surface area contributed by atoms with Gasteiger partial charge in [-0.3, -0.25) is 4.79 Å². The smallest absolute Gasteiger partial charge is 0.341 e. The highest BCUT2D eigenvalue weighted by molar-refractivity contribution is 5.94. The highest BCUT2D eigenvalue weighted by Gasteiger charge is 2.34. The lowest BCUT2D eigenvalue weighted by molar-refractivity contribution is 0.0695. The minimum atomic E-state index is -1.41. The van der Waals surface area contributed by atoms with Crippen LogP contribution in [-0.4, -0.2) is 34.8 Å². The Balaban J connectivity index is 2.00. The van der Waals surface area contributed by atoms with Crippen LogP contribution in [0.25, 0.3) is 10.9 Å². The molecule has 4 rings (SSSR count). The third kappa shape index (κ3) is 2.47. The molecular formula is C18H19F2N3O3. The summed E-state index contributed by atoms with van der Waals surface area (Å²) >= 11 is 0. The van der Waals surface area contributed by atoms with Crippen LogP contribution >= 0.6 is 0 Å². The molecule has 2 fully saturated rings. The molecule has 2 heterocycles. The predicted octanol–water partition coefficient (Wildman–Crippen LogP) is 2.10. The number of anilines is 1. The van der Waals surface area contributed by atoms with Crippen LogP contribution in [0.3, 0.4) is 0 Å². The summed E-state index contributed by atoms with van der Waals surface area (Å²) in [6.07, 6.45) is 2.69. The number of carboxylic acids is 1. The third-order valence-electron chi connectivity index (χ3n) is 5.34. The Morgan fingerprint density at radius 1 is 1.31 bits per heavy atom. The summed E-state index contributed by atoms with van der Waals surface area (Å²) in [7, 11) is 0. The molecule has 2 atom stereocenters. The van der Waals surface area contributed by atoms with Crippen molar-refractivity contribution in [3.05, 3.63) is 39.7 Å². The van der Waals surface area contributed by atoms with E-state index in [9.17, 15) is 19.1 Å². The van der Waals surface area contributed by atoms with E-state index < -0.39 is 28.6 Å². The van der Waals surface area contributed by atoms with Gasteiger partial charge in [0.1, 0.15) is 17.1 Å². The largest absolute Gasteiger partial charge is 0.477 e. The highest BCUT2D eigenvalue weighted by atomic mass is 19.1. The van der Waals surface area contributed by atoms with Crippen molar-refractivity contribution >= 4 is 22.6 Å². The number of carbonyl (C=O) groups is 1. The van der Waals surface area contributed by atoms with E-state index in [1.165, 1.54) is 10.8 Å². The highest BCUT2D eigenvalue weighted by Crippen LogP contribution is 2.40. The van der Waals surface area contributed by atoms with Gasteiger partial charge in [0.2, 0.25) is 5.43 Å². The number of hydrogen-bond donors (Lipinski definition) is 2. The molecule has 2 aliphatic rings. The van der Waals surface area contributed by atoms with Crippen molar-refractivity contribution < 1.29 is 18.7 Å². The molecule has 8 heteroatoms. The van der Waals surface area contributed by atoms with Crippen LogP contribution in [0.15, 0.2) is 17.1 Å². The minimum absolute atomic E-state index is 0.0352. The van der Waals surface area contributed by atoms with Crippen LogP contribution in [0.5, 0.6) is 0 Å². The molecule has 0 spiro atoms. The molecule has 6 nitrogen and oxygen atoms in total. The maximum Gasteiger partial charge on any atom is 0.341 e. The van der Waals surface area contributed by atoms with Gasteiger partial charge in [0, 0.05) is 31.4 Å². The Hall–Kier alpha value is -2.48. The Bertz CT molecular complexity index is 974. The predicted molar refractivity (Wildman–Crippen MR) is 92.7 cm³/mol. The lowest BCUT2D eigenvalue weighted by Crippen LogP contribution is -2.29. The molecule has 138 valence electrons. The van der Waals surface area contributed by atoms with Gasteiger partial charge in [-0.1, -0.05) is 6.92 Å². The Morgan fingerprint density at radius 2 is 2.00 bits per heavy atom. The van der Waals surface area contributed by atoms with Gasteiger partial charge in [-0.25, -0.2) is 13.6 Å². The molecule has 1 aromatic heterocycles. The second kappa shape index (κ2) is 5.77. The van der Waals surface area contributed by atoms with Gasteiger partial charge in [-0.05, 0) is 24.8 Å². The van der Waals surface area contributed by atoms with Crippen molar-refractivity contribution in [2.75, 3.05) is 18.0 Å². The molecule has 0 unspecified atom stereocenters. The molecule has 1 aliphatic carbocycles. The van der Waals surface area contributed by atoms with E-state index in [0.29, 0.717) is 13.1 Å². The van der Waals surface area contributed by atoms with Gasteiger partial charge in [-0.2, -0.15) is 0 Å². The monoisotopic (exact) mass is 363 g/mol. The lowest BCUT2D eigenvalue weighted by atomic mass is 10.1. The standard InChI is InChI=1S/C18H19F2N3O3/c1-8-5-22(7-13(8)21)16-12(19)4-10-15(14(16)20)23(9-2-3-9)6-11(17(10)24)18(25)26/h4,6,8-9,13H,2-3,5,7,21H2,1H3,(H,25,26)/t8-,13+/m0/s1. The Kier molecular flexibility index (Phi) is 3.76. The Morgan fingerprint density at radius 3 is 2.54 bits per heavy atom. The van der Waals surface area contributed by atoms with Crippen LogP contribution in [0.1, 0.15) is 36.2 Å². The maximum atomic E-state index is 15.4. The van der Waals surface area contributed by atoms with Gasteiger partial charge in [0.05, 0.1) is 10.9 Å². The van der Waals surface area contributed by atoms with E-state index in [1.54, 1.807) is 4.90 Å². The summed E-state index contributed by atoms with van der Waals surface area (Å²) in [6, 6.07) is 0.684. The number of rotatable bonds is 3. The number of aromatic carboxylic acids is 1. The van der Waals surface area contributed by atoms with Crippen LogP contribution in [0.2, 0.25) is 0 Å². The lowest BCUT2D eigenvalue weighted by Gasteiger charge is -2.22. The number of halogens is 2. The molecule has 0 amide bonds. The zero-order valence-corrected chi connectivity index (χ0v) is 14.2. The average Bonchev–Trinajstić information content (AvgIpc) is 3.35. The minimum Gasteiger partial charge on any atom is -0.477 e. The van der Waals surface area contributed by atoms with Crippen LogP contribution < -0.4 is 16.1 Å². The molecular weight excluding hydrogens is 344 g/mol. The van der Waals surface area contributed by atoms with Crippen molar-refractivity contribution in [1.82, 2.24) is 4.57 Å². The summed E-state index contributed by atoms with van der Waals surface area (Å²) in [5, 5.41) is 9.01. The zero-order chi connectivity index (χ0) is 18.7. The fraction of sp³-hybridized carbons (Fsp3) is 0.444. The number of pyridine rings is 1. The van der Waals surface area contributed by atoms with Crippen LogP contribution in [-0.2, 0) is 0 Å². The second-order valence-electron chi connectivity index (χ2n) is 7.28. The third-order valence-corrected chi connectivity index (χ3v) is 5.34. The number of nitrogens with two attached hydrogens (primary N) is 1. The second-order valence-corrected chi connectivity index (χ2v) is 7.28. The van der Waals surface area contributed by atoms with Crippen LogP contribution in [0.4, 0.5) is 14.5 Å². The quantitative estimate of drug-likeness (QED) is 0.872. The fourth-order valence-electron chi connectivity index (χ4n) is 3.69. The molecule has 3 N–H and O–H groups in total. The average molecular weight is 363 g/mol.